The SMILES string of the molecule is CCCCCCCCN[C@@H]1CN(Cc2ccccc2)CC1O. The van der Waals surface area contributed by atoms with Gasteiger partial charge in [0.1, 0.15) is 0 Å². The van der Waals surface area contributed by atoms with E-state index < -0.39 is 0 Å². The van der Waals surface area contributed by atoms with Crippen LogP contribution < -0.4 is 5.32 Å². The van der Waals surface area contributed by atoms with Crippen LogP contribution in [0.25, 0.3) is 0 Å². The Bertz CT molecular complexity index is 396. The highest BCUT2D eigenvalue weighted by molar-refractivity contribution is 5.14. The molecule has 2 rings (SSSR count). The Morgan fingerprint density at radius 1 is 1.05 bits per heavy atom. The lowest BCUT2D eigenvalue weighted by Crippen LogP contribution is -2.39. The van der Waals surface area contributed by atoms with Gasteiger partial charge in [0.05, 0.1) is 6.10 Å². The number of hydrogen-bond acceptors (Lipinski definition) is 3. The maximum Gasteiger partial charge on any atom is 0.0832 e. The number of unbranched alkanes of at least 4 members (excludes halogenated alkanes) is 5. The molecule has 0 spiro atoms. The van der Waals surface area contributed by atoms with Crippen molar-refractivity contribution in [3.8, 4) is 0 Å². The fraction of sp³-hybridized carbons (Fsp3) is 0.684. The zero-order valence-corrected chi connectivity index (χ0v) is 14.0. The fourth-order valence-corrected chi connectivity index (χ4v) is 3.23. The van der Waals surface area contributed by atoms with Gasteiger partial charge in [-0.05, 0) is 18.5 Å². The van der Waals surface area contributed by atoms with E-state index >= 15 is 0 Å². The normalized spacial score (nSPS) is 22.3. The summed E-state index contributed by atoms with van der Waals surface area (Å²) in [4.78, 5) is 2.35. The summed E-state index contributed by atoms with van der Waals surface area (Å²) in [5, 5.41) is 13.8. The molecule has 1 aliphatic heterocycles. The third-order valence-corrected chi connectivity index (χ3v) is 4.55. The van der Waals surface area contributed by atoms with Crippen molar-refractivity contribution in [2.24, 2.45) is 0 Å². The molecule has 124 valence electrons. The van der Waals surface area contributed by atoms with Crippen LogP contribution in [-0.4, -0.2) is 41.8 Å². The third-order valence-electron chi connectivity index (χ3n) is 4.55. The summed E-state index contributed by atoms with van der Waals surface area (Å²) < 4.78 is 0. The molecule has 0 bridgehead atoms. The molecule has 2 atom stereocenters. The molecule has 1 aromatic carbocycles. The summed E-state index contributed by atoms with van der Waals surface area (Å²) in [6.07, 6.45) is 7.70. The van der Waals surface area contributed by atoms with Crippen LogP contribution in [0, 0.1) is 0 Å². The molecule has 1 aliphatic rings. The molecule has 0 radical (unpaired) electrons. The van der Waals surface area contributed by atoms with Crippen LogP contribution in [0.15, 0.2) is 30.3 Å². The molecule has 1 aromatic rings. The minimum Gasteiger partial charge on any atom is -0.390 e. The van der Waals surface area contributed by atoms with Crippen LogP contribution >= 0.6 is 0 Å². The molecule has 2 N–H and O–H groups in total. The highest BCUT2D eigenvalue weighted by Gasteiger charge is 2.30. The van der Waals surface area contributed by atoms with E-state index in [1.807, 2.05) is 6.07 Å². The van der Waals surface area contributed by atoms with Gasteiger partial charge in [0.15, 0.2) is 0 Å². The Morgan fingerprint density at radius 2 is 1.77 bits per heavy atom. The summed E-state index contributed by atoms with van der Waals surface area (Å²) in [7, 11) is 0. The predicted molar refractivity (Wildman–Crippen MR) is 92.9 cm³/mol. The number of nitrogens with zero attached hydrogens (tertiary/aromatic N) is 1. The second kappa shape index (κ2) is 9.98. The third kappa shape index (κ3) is 6.07. The monoisotopic (exact) mass is 304 g/mol. The van der Waals surface area contributed by atoms with Gasteiger partial charge in [-0.15, -0.1) is 0 Å². The largest absolute Gasteiger partial charge is 0.390 e. The minimum atomic E-state index is -0.233. The van der Waals surface area contributed by atoms with E-state index in [0.29, 0.717) is 0 Å². The van der Waals surface area contributed by atoms with Crippen molar-refractivity contribution in [2.75, 3.05) is 19.6 Å². The Hall–Kier alpha value is -0.900. The maximum absolute atomic E-state index is 10.2. The number of likely N-dealkylation sites (tertiary alicyclic amines) is 1. The Morgan fingerprint density at radius 3 is 2.55 bits per heavy atom. The second-order valence-electron chi connectivity index (χ2n) is 6.58. The van der Waals surface area contributed by atoms with Crippen molar-refractivity contribution in [2.45, 2.75) is 64.1 Å². The quantitative estimate of drug-likeness (QED) is 0.652. The molecule has 3 nitrogen and oxygen atoms in total. The Balaban J connectivity index is 1.60. The Labute approximate surface area is 135 Å². The lowest BCUT2D eigenvalue weighted by Gasteiger charge is -2.16. The van der Waals surface area contributed by atoms with E-state index in [2.05, 4.69) is 41.4 Å². The van der Waals surface area contributed by atoms with E-state index in [0.717, 1.165) is 26.2 Å². The van der Waals surface area contributed by atoms with E-state index in [1.54, 1.807) is 0 Å². The molecule has 1 fully saturated rings. The van der Waals surface area contributed by atoms with Crippen LogP contribution in [0.1, 0.15) is 51.0 Å². The summed E-state index contributed by atoms with van der Waals surface area (Å²) in [6, 6.07) is 10.8. The fourth-order valence-electron chi connectivity index (χ4n) is 3.23. The highest BCUT2D eigenvalue weighted by atomic mass is 16.3. The first-order valence-corrected chi connectivity index (χ1v) is 8.97. The molecule has 1 saturated heterocycles. The molecular weight excluding hydrogens is 272 g/mol. The van der Waals surface area contributed by atoms with Crippen LogP contribution in [-0.2, 0) is 6.54 Å². The average molecular weight is 304 g/mol. The lowest BCUT2D eigenvalue weighted by molar-refractivity contribution is 0.153. The van der Waals surface area contributed by atoms with Crippen LogP contribution in [0.2, 0.25) is 0 Å². The van der Waals surface area contributed by atoms with Crippen molar-refractivity contribution in [3.05, 3.63) is 35.9 Å². The van der Waals surface area contributed by atoms with Gasteiger partial charge in [-0.2, -0.15) is 0 Å². The maximum atomic E-state index is 10.2. The Kier molecular flexibility index (Phi) is 7.92. The van der Waals surface area contributed by atoms with Gasteiger partial charge in [0, 0.05) is 25.7 Å². The standard InChI is InChI=1S/C19H32N2O/c1-2-3-4-5-6-10-13-20-18-15-21(16-19(18)22)14-17-11-8-7-9-12-17/h7-9,11-12,18-20,22H,2-6,10,13-16H2,1H3/t18-,19?/m1/s1. The molecule has 0 amide bonds. The topological polar surface area (TPSA) is 35.5 Å². The minimum absolute atomic E-state index is 0.233. The van der Waals surface area contributed by atoms with Gasteiger partial charge in [-0.3, -0.25) is 4.90 Å². The van der Waals surface area contributed by atoms with Crippen molar-refractivity contribution in [1.82, 2.24) is 10.2 Å². The molecule has 1 heterocycles. The van der Waals surface area contributed by atoms with Crippen molar-refractivity contribution < 1.29 is 5.11 Å². The molecular formula is C19H32N2O. The average Bonchev–Trinajstić information content (AvgIpc) is 2.87. The van der Waals surface area contributed by atoms with Crippen molar-refractivity contribution >= 4 is 0 Å². The molecule has 0 aliphatic carbocycles. The van der Waals surface area contributed by atoms with Gasteiger partial charge < -0.3 is 10.4 Å². The van der Waals surface area contributed by atoms with E-state index in [-0.39, 0.29) is 12.1 Å². The van der Waals surface area contributed by atoms with Crippen LogP contribution in [0.4, 0.5) is 0 Å². The first-order chi connectivity index (χ1) is 10.8. The second-order valence-corrected chi connectivity index (χ2v) is 6.58. The molecule has 3 heteroatoms. The van der Waals surface area contributed by atoms with Gasteiger partial charge in [0.2, 0.25) is 0 Å². The molecule has 0 aromatic heterocycles. The van der Waals surface area contributed by atoms with Crippen LogP contribution in [0.5, 0.6) is 0 Å². The molecule has 22 heavy (non-hydrogen) atoms. The summed E-state index contributed by atoms with van der Waals surface area (Å²) >= 11 is 0. The molecule has 1 unspecified atom stereocenters. The number of β-amino-alcohol motifs (C(OH)–C–C–N with tert-alkyl or cyclic N) is 1. The van der Waals surface area contributed by atoms with Gasteiger partial charge in [0.25, 0.3) is 0 Å². The zero-order chi connectivity index (χ0) is 15.6. The number of rotatable bonds is 10. The smallest absolute Gasteiger partial charge is 0.0832 e. The van der Waals surface area contributed by atoms with E-state index in [4.69, 9.17) is 0 Å². The molecule has 0 saturated carbocycles. The van der Waals surface area contributed by atoms with Crippen LogP contribution in [0.3, 0.4) is 0 Å². The van der Waals surface area contributed by atoms with E-state index in [9.17, 15) is 5.11 Å². The predicted octanol–water partition coefficient (Wildman–Crippen LogP) is 3.18. The summed E-state index contributed by atoms with van der Waals surface area (Å²) in [5.74, 6) is 0. The summed E-state index contributed by atoms with van der Waals surface area (Å²) in [5.41, 5.74) is 1.33. The van der Waals surface area contributed by atoms with Crippen molar-refractivity contribution in [1.29, 1.82) is 0 Å². The van der Waals surface area contributed by atoms with Gasteiger partial charge in [-0.1, -0.05) is 69.4 Å². The van der Waals surface area contributed by atoms with Crippen molar-refractivity contribution in [3.63, 3.8) is 0 Å². The highest BCUT2D eigenvalue weighted by Crippen LogP contribution is 2.14. The number of aliphatic hydroxyl groups is 1. The number of aliphatic hydroxyl groups excluding tert-OH is 1. The van der Waals surface area contributed by atoms with Gasteiger partial charge in [-0.25, -0.2) is 0 Å². The number of nitrogens with one attached hydrogen (secondary N) is 1. The number of benzene rings is 1. The number of hydrogen-bond donors (Lipinski definition) is 2. The first-order valence-electron chi connectivity index (χ1n) is 8.97. The first kappa shape index (κ1) is 17.5. The lowest BCUT2D eigenvalue weighted by atomic mass is 10.1. The summed E-state index contributed by atoms with van der Waals surface area (Å²) in [6.45, 7) is 5.96. The van der Waals surface area contributed by atoms with Gasteiger partial charge >= 0.3 is 0 Å². The van der Waals surface area contributed by atoms with E-state index in [1.165, 1.54) is 44.1 Å². The zero-order valence-electron chi connectivity index (χ0n) is 14.0.